The highest BCUT2D eigenvalue weighted by atomic mass is 19.2. The van der Waals surface area contributed by atoms with E-state index in [4.69, 9.17) is 9.47 Å². The van der Waals surface area contributed by atoms with Crippen molar-refractivity contribution in [3.63, 3.8) is 0 Å². The molecule has 11 nitrogen and oxygen atoms in total. The van der Waals surface area contributed by atoms with Crippen molar-refractivity contribution in [2.45, 2.75) is 62.2 Å². The summed E-state index contributed by atoms with van der Waals surface area (Å²) in [6.45, 7) is 0.963. The van der Waals surface area contributed by atoms with Crippen LogP contribution < -0.4 is 0 Å². The van der Waals surface area contributed by atoms with Crippen LogP contribution >= 0.6 is 0 Å². The number of aliphatic hydroxyl groups excluding tert-OH is 3. The molecule has 5 atom stereocenters. The average Bonchev–Trinajstić information content (AvgIpc) is 3.28. The number of benzene rings is 1. The van der Waals surface area contributed by atoms with Gasteiger partial charge >= 0.3 is 0 Å². The van der Waals surface area contributed by atoms with Gasteiger partial charge in [-0.15, -0.1) is 10.2 Å². The maximum Gasteiger partial charge on any atom is 0.168 e. The van der Waals surface area contributed by atoms with Gasteiger partial charge in [0.25, 0.3) is 0 Å². The Bertz CT molecular complexity index is 1230. The number of ether oxygens (including phenoxy) is 2. The molecule has 0 amide bonds. The van der Waals surface area contributed by atoms with E-state index in [1.54, 1.807) is 10.9 Å². The zero-order chi connectivity index (χ0) is 25.6. The van der Waals surface area contributed by atoms with Gasteiger partial charge < -0.3 is 24.8 Å². The van der Waals surface area contributed by atoms with Gasteiger partial charge in [0.2, 0.25) is 0 Å². The molecule has 36 heavy (non-hydrogen) atoms. The Hall–Kier alpha value is -2.84. The monoisotopic (exact) mass is 506 g/mol. The Morgan fingerprint density at radius 1 is 1.11 bits per heavy atom. The van der Waals surface area contributed by atoms with Crippen LogP contribution in [0.3, 0.4) is 0 Å². The average molecular weight is 507 g/mol. The van der Waals surface area contributed by atoms with Crippen LogP contribution in [0.25, 0.3) is 11.3 Å². The minimum atomic E-state index is -1.23. The molecule has 0 spiro atoms. The Morgan fingerprint density at radius 2 is 1.89 bits per heavy atom. The minimum absolute atomic E-state index is 0.0304. The second kappa shape index (κ2) is 9.56. The van der Waals surface area contributed by atoms with Gasteiger partial charge in [-0.05, 0) is 31.4 Å². The fraction of sp³-hybridized carbons (Fsp3) is 0.565. The number of halogens is 2. The Kier molecular flexibility index (Phi) is 6.59. The van der Waals surface area contributed by atoms with Gasteiger partial charge in [0.05, 0.1) is 36.7 Å². The van der Waals surface area contributed by atoms with Crippen molar-refractivity contribution in [1.82, 2.24) is 30.0 Å². The van der Waals surface area contributed by atoms with Crippen molar-refractivity contribution in [1.29, 1.82) is 0 Å². The van der Waals surface area contributed by atoms with E-state index in [1.807, 2.05) is 0 Å². The molecule has 2 aromatic heterocycles. The van der Waals surface area contributed by atoms with E-state index in [0.717, 1.165) is 12.8 Å². The summed E-state index contributed by atoms with van der Waals surface area (Å²) in [5, 5.41) is 46.9. The van der Waals surface area contributed by atoms with Crippen LogP contribution in [0.1, 0.15) is 30.1 Å². The van der Waals surface area contributed by atoms with Crippen molar-refractivity contribution in [2.75, 3.05) is 20.3 Å². The van der Waals surface area contributed by atoms with E-state index in [2.05, 4.69) is 20.6 Å². The first-order valence-corrected chi connectivity index (χ1v) is 11.7. The molecule has 1 aliphatic carbocycles. The summed E-state index contributed by atoms with van der Waals surface area (Å²) in [6.07, 6.45) is 1.42. The lowest BCUT2D eigenvalue weighted by atomic mass is 9.90. The topological polar surface area (TPSA) is 141 Å². The van der Waals surface area contributed by atoms with E-state index < -0.39 is 54.2 Å². The molecule has 3 N–H and O–H groups in total. The van der Waals surface area contributed by atoms with E-state index in [9.17, 15) is 24.1 Å². The molecule has 0 bridgehead atoms. The summed E-state index contributed by atoms with van der Waals surface area (Å²) in [5.41, 5.74) is 0.363. The van der Waals surface area contributed by atoms with Crippen molar-refractivity contribution in [3.05, 3.63) is 47.4 Å². The number of aryl methyl sites for hydroxylation is 1. The third-order valence-electron chi connectivity index (χ3n) is 7.16. The molecule has 194 valence electrons. The third kappa shape index (κ3) is 4.20. The second-order valence-electron chi connectivity index (χ2n) is 9.46. The first-order valence-electron chi connectivity index (χ1n) is 11.7. The van der Waals surface area contributed by atoms with Crippen molar-refractivity contribution >= 4 is 0 Å². The molecule has 2 fully saturated rings. The SMILES string of the molecule is CO[C@@H]1[C@@H](n2cc(-c3ccc(C)c(F)c3F)nn2)[C@@H](O)[C@@H](CO)O[C@@H]1Cc1cn(C2(CO)CC2)nn1. The molecule has 3 heterocycles. The zero-order valence-electron chi connectivity index (χ0n) is 19.8. The van der Waals surface area contributed by atoms with Crippen LogP contribution in [0.5, 0.6) is 0 Å². The first kappa shape index (κ1) is 24.8. The lowest BCUT2D eigenvalue weighted by Gasteiger charge is -2.43. The zero-order valence-corrected chi connectivity index (χ0v) is 19.8. The lowest BCUT2D eigenvalue weighted by molar-refractivity contribution is -0.212. The molecule has 1 aromatic carbocycles. The summed E-state index contributed by atoms with van der Waals surface area (Å²) in [6, 6.07) is 2.01. The fourth-order valence-corrected chi connectivity index (χ4v) is 4.75. The maximum absolute atomic E-state index is 14.5. The largest absolute Gasteiger partial charge is 0.394 e. The highest BCUT2D eigenvalue weighted by molar-refractivity contribution is 5.59. The van der Waals surface area contributed by atoms with Gasteiger partial charge in [0.1, 0.15) is 30.0 Å². The molecule has 0 radical (unpaired) electrons. The summed E-state index contributed by atoms with van der Waals surface area (Å²) in [7, 11) is 1.45. The normalized spacial score (nSPS) is 27.4. The van der Waals surface area contributed by atoms with Gasteiger partial charge in [0, 0.05) is 25.3 Å². The van der Waals surface area contributed by atoms with Crippen LogP contribution in [-0.2, 0) is 21.4 Å². The predicted molar refractivity (Wildman–Crippen MR) is 120 cm³/mol. The summed E-state index contributed by atoms with van der Waals surface area (Å²) >= 11 is 0. The highest BCUT2D eigenvalue weighted by Crippen LogP contribution is 2.42. The quantitative estimate of drug-likeness (QED) is 0.399. The Labute approximate surface area is 205 Å². The van der Waals surface area contributed by atoms with E-state index in [-0.39, 0.29) is 29.8 Å². The van der Waals surface area contributed by atoms with Gasteiger partial charge in [-0.2, -0.15) is 0 Å². The Morgan fingerprint density at radius 3 is 2.56 bits per heavy atom. The molecular weight excluding hydrogens is 478 g/mol. The summed E-state index contributed by atoms with van der Waals surface area (Å²) < 4.78 is 43.3. The molecule has 1 aliphatic heterocycles. The second-order valence-corrected chi connectivity index (χ2v) is 9.46. The molecule has 3 aromatic rings. The minimum Gasteiger partial charge on any atom is -0.394 e. The summed E-state index contributed by atoms with van der Waals surface area (Å²) in [5.74, 6) is -2.01. The fourth-order valence-electron chi connectivity index (χ4n) is 4.75. The van der Waals surface area contributed by atoms with Gasteiger partial charge in [0.15, 0.2) is 11.6 Å². The van der Waals surface area contributed by atoms with Crippen molar-refractivity contribution < 1.29 is 33.6 Å². The predicted octanol–water partition coefficient (Wildman–Crippen LogP) is 0.524. The molecule has 2 aliphatic rings. The van der Waals surface area contributed by atoms with Crippen LogP contribution in [0.4, 0.5) is 8.78 Å². The molecule has 0 unspecified atom stereocenters. The number of hydrogen-bond donors (Lipinski definition) is 3. The maximum atomic E-state index is 14.5. The number of hydrogen-bond acceptors (Lipinski definition) is 9. The van der Waals surface area contributed by atoms with Crippen LogP contribution in [0, 0.1) is 18.6 Å². The number of aromatic nitrogens is 6. The van der Waals surface area contributed by atoms with Crippen molar-refractivity contribution in [2.24, 2.45) is 0 Å². The third-order valence-corrected chi connectivity index (χ3v) is 7.16. The molecule has 1 saturated carbocycles. The number of methoxy groups -OCH3 is 1. The van der Waals surface area contributed by atoms with Crippen LogP contribution in [-0.4, -0.2) is 90.0 Å². The van der Waals surface area contributed by atoms with Gasteiger partial charge in [-0.25, -0.2) is 18.1 Å². The molecule has 5 rings (SSSR count). The Balaban J connectivity index is 1.43. The van der Waals surface area contributed by atoms with Gasteiger partial charge in [-0.1, -0.05) is 16.5 Å². The smallest absolute Gasteiger partial charge is 0.168 e. The van der Waals surface area contributed by atoms with Crippen LogP contribution in [0.2, 0.25) is 0 Å². The summed E-state index contributed by atoms with van der Waals surface area (Å²) in [4.78, 5) is 0. The lowest BCUT2D eigenvalue weighted by Crippen LogP contribution is -2.57. The van der Waals surface area contributed by atoms with E-state index in [0.29, 0.717) is 5.69 Å². The molecule has 13 heteroatoms. The first-order chi connectivity index (χ1) is 17.3. The standard InChI is InChI=1S/C23H28F2N6O5/c1-12-3-4-14(19(25)18(12)24)15-9-30(28-27-15)20-21(34)17(10-32)36-16(22(20)35-2)7-13-8-31(29-26-13)23(11-33)5-6-23/h3-4,8-9,16-17,20-22,32-34H,5-7,10-11H2,1-2H3/t16-,17-,20+,21+,22+/m1/s1. The number of nitrogens with zero attached hydrogens (tertiary/aromatic N) is 6. The van der Waals surface area contributed by atoms with Gasteiger partial charge in [-0.3, -0.25) is 0 Å². The number of aliphatic hydroxyl groups is 3. The van der Waals surface area contributed by atoms with Crippen LogP contribution in [0.15, 0.2) is 24.5 Å². The van der Waals surface area contributed by atoms with Crippen molar-refractivity contribution in [3.8, 4) is 11.3 Å². The highest BCUT2D eigenvalue weighted by Gasteiger charge is 2.48. The number of rotatable bonds is 8. The van der Waals surface area contributed by atoms with E-state index in [1.165, 1.54) is 37.0 Å². The molecule has 1 saturated heterocycles. The van der Waals surface area contributed by atoms with E-state index >= 15 is 0 Å². The molecular formula is C23H28F2N6O5.